The van der Waals surface area contributed by atoms with Gasteiger partial charge < -0.3 is 15.2 Å². The van der Waals surface area contributed by atoms with Gasteiger partial charge in [-0.1, -0.05) is 12.8 Å². The Morgan fingerprint density at radius 1 is 1.29 bits per heavy atom. The van der Waals surface area contributed by atoms with Gasteiger partial charge in [-0.3, -0.25) is 0 Å². The van der Waals surface area contributed by atoms with Gasteiger partial charge in [-0.05, 0) is 25.7 Å². The Kier molecular flexibility index (Phi) is 3.42. The lowest BCUT2D eigenvalue weighted by molar-refractivity contribution is 0.120. The van der Waals surface area contributed by atoms with Crippen LogP contribution in [0.5, 0.6) is 0 Å². The molecule has 1 aliphatic heterocycles. The van der Waals surface area contributed by atoms with Gasteiger partial charge in [0.25, 0.3) is 0 Å². The van der Waals surface area contributed by atoms with Crippen molar-refractivity contribution < 1.29 is 9.84 Å². The molecule has 0 spiro atoms. The summed E-state index contributed by atoms with van der Waals surface area (Å²) < 4.78 is 5.22. The Balaban J connectivity index is 1.78. The molecule has 0 aromatic heterocycles. The molecule has 0 aromatic carbocycles. The van der Waals surface area contributed by atoms with Crippen molar-refractivity contribution in [2.45, 2.75) is 50.8 Å². The van der Waals surface area contributed by atoms with Crippen LogP contribution < -0.4 is 5.32 Å². The normalized spacial score (nSPS) is 36.4. The highest BCUT2D eigenvalue weighted by molar-refractivity contribution is 4.86. The summed E-state index contributed by atoms with van der Waals surface area (Å²) in [6.45, 7) is 3.40. The van der Waals surface area contributed by atoms with E-state index in [1.54, 1.807) is 0 Å². The van der Waals surface area contributed by atoms with Crippen molar-refractivity contribution >= 4 is 0 Å². The molecule has 0 bridgehead atoms. The smallest absolute Gasteiger partial charge is 0.0948 e. The number of hydrogen-bond donors (Lipinski definition) is 2. The molecule has 3 heteroatoms. The van der Waals surface area contributed by atoms with Crippen LogP contribution in [0.1, 0.15) is 32.6 Å². The van der Waals surface area contributed by atoms with Crippen molar-refractivity contribution in [2.75, 3.05) is 13.2 Å². The predicted octanol–water partition coefficient (Wildman–Crippen LogP) is 0.914. The van der Waals surface area contributed by atoms with E-state index in [1.807, 2.05) is 0 Å². The summed E-state index contributed by atoms with van der Waals surface area (Å²) in [7, 11) is 0. The Morgan fingerprint density at radius 2 is 2.00 bits per heavy atom. The average molecular weight is 199 g/mol. The second-order valence-corrected chi connectivity index (χ2v) is 4.71. The maximum Gasteiger partial charge on any atom is 0.0948 e. The van der Waals surface area contributed by atoms with Gasteiger partial charge in [0, 0.05) is 6.04 Å². The standard InChI is InChI=1S/C11H21NO2/c1-8(9-4-2-3-5-9)12-10-6-14-7-11(10)13/h8-13H,2-7H2,1H3/t8-,10?,11?/m1/s1. The van der Waals surface area contributed by atoms with Gasteiger partial charge in [0.15, 0.2) is 0 Å². The summed E-state index contributed by atoms with van der Waals surface area (Å²) in [4.78, 5) is 0. The Bertz CT molecular complexity index is 180. The first-order valence-electron chi connectivity index (χ1n) is 5.79. The van der Waals surface area contributed by atoms with Crippen LogP contribution in [-0.4, -0.2) is 36.5 Å². The van der Waals surface area contributed by atoms with Gasteiger partial charge in [0.1, 0.15) is 0 Å². The number of aliphatic hydroxyl groups excluding tert-OH is 1. The number of nitrogens with one attached hydrogen (secondary N) is 1. The van der Waals surface area contributed by atoms with Gasteiger partial charge in [-0.25, -0.2) is 0 Å². The first-order valence-corrected chi connectivity index (χ1v) is 5.79. The van der Waals surface area contributed by atoms with Crippen LogP contribution in [-0.2, 0) is 4.74 Å². The van der Waals surface area contributed by atoms with E-state index in [2.05, 4.69) is 12.2 Å². The molecule has 0 amide bonds. The molecule has 1 saturated carbocycles. The molecular weight excluding hydrogens is 178 g/mol. The van der Waals surface area contributed by atoms with Gasteiger partial charge in [-0.2, -0.15) is 0 Å². The van der Waals surface area contributed by atoms with Crippen molar-refractivity contribution in [3.63, 3.8) is 0 Å². The molecule has 0 aromatic rings. The van der Waals surface area contributed by atoms with Crippen LogP contribution in [0.4, 0.5) is 0 Å². The molecule has 2 N–H and O–H groups in total. The van der Waals surface area contributed by atoms with E-state index in [-0.39, 0.29) is 12.1 Å². The van der Waals surface area contributed by atoms with E-state index in [0.717, 1.165) is 5.92 Å². The molecule has 14 heavy (non-hydrogen) atoms. The topological polar surface area (TPSA) is 41.5 Å². The minimum absolute atomic E-state index is 0.158. The third-order valence-corrected chi connectivity index (χ3v) is 3.63. The highest BCUT2D eigenvalue weighted by Gasteiger charge is 2.30. The highest BCUT2D eigenvalue weighted by Crippen LogP contribution is 2.28. The lowest BCUT2D eigenvalue weighted by Gasteiger charge is -2.25. The molecular formula is C11H21NO2. The first-order chi connectivity index (χ1) is 6.77. The zero-order valence-corrected chi connectivity index (χ0v) is 8.91. The van der Waals surface area contributed by atoms with Crippen molar-refractivity contribution in [1.82, 2.24) is 5.32 Å². The Hall–Kier alpha value is -0.120. The monoisotopic (exact) mass is 199 g/mol. The predicted molar refractivity (Wildman–Crippen MR) is 55.2 cm³/mol. The third-order valence-electron chi connectivity index (χ3n) is 3.63. The quantitative estimate of drug-likeness (QED) is 0.710. The minimum atomic E-state index is -0.307. The highest BCUT2D eigenvalue weighted by atomic mass is 16.5. The molecule has 1 saturated heterocycles. The number of ether oxygens (including phenoxy) is 1. The van der Waals surface area contributed by atoms with Crippen LogP contribution in [0.2, 0.25) is 0 Å². The summed E-state index contributed by atoms with van der Waals surface area (Å²) in [5.74, 6) is 0.808. The Labute approximate surface area is 85.8 Å². The van der Waals surface area contributed by atoms with E-state index >= 15 is 0 Å². The summed E-state index contributed by atoms with van der Waals surface area (Å²) in [5, 5.41) is 13.1. The zero-order chi connectivity index (χ0) is 9.97. The molecule has 82 valence electrons. The van der Waals surface area contributed by atoms with E-state index in [4.69, 9.17) is 4.74 Å². The summed E-state index contributed by atoms with van der Waals surface area (Å²) >= 11 is 0. The van der Waals surface area contributed by atoms with Crippen molar-refractivity contribution in [2.24, 2.45) is 5.92 Å². The molecule has 2 fully saturated rings. The molecule has 2 aliphatic rings. The van der Waals surface area contributed by atoms with Crippen LogP contribution >= 0.6 is 0 Å². The van der Waals surface area contributed by atoms with Gasteiger partial charge in [0.05, 0.1) is 25.4 Å². The molecule has 1 heterocycles. The van der Waals surface area contributed by atoms with Crippen LogP contribution in [0, 0.1) is 5.92 Å². The largest absolute Gasteiger partial charge is 0.389 e. The van der Waals surface area contributed by atoms with Crippen molar-refractivity contribution in [3.8, 4) is 0 Å². The van der Waals surface area contributed by atoms with E-state index in [0.29, 0.717) is 19.3 Å². The minimum Gasteiger partial charge on any atom is -0.389 e. The second-order valence-electron chi connectivity index (χ2n) is 4.71. The average Bonchev–Trinajstić information content (AvgIpc) is 2.77. The third kappa shape index (κ3) is 2.27. The molecule has 3 nitrogen and oxygen atoms in total. The van der Waals surface area contributed by atoms with E-state index < -0.39 is 0 Å². The fourth-order valence-electron chi connectivity index (χ4n) is 2.63. The fourth-order valence-corrected chi connectivity index (χ4v) is 2.63. The maximum absolute atomic E-state index is 9.59. The lowest BCUT2D eigenvalue weighted by atomic mass is 9.98. The van der Waals surface area contributed by atoms with Gasteiger partial charge in [-0.15, -0.1) is 0 Å². The van der Waals surface area contributed by atoms with Gasteiger partial charge in [0.2, 0.25) is 0 Å². The van der Waals surface area contributed by atoms with Crippen LogP contribution in [0.15, 0.2) is 0 Å². The molecule has 3 atom stereocenters. The van der Waals surface area contributed by atoms with Gasteiger partial charge >= 0.3 is 0 Å². The SMILES string of the molecule is C[C@@H](NC1COCC1O)C1CCCC1. The summed E-state index contributed by atoms with van der Waals surface area (Å²) in [6, 6.07) is 0.685. The summed E-state index contributed by atoms with van der Waals surface area (Å²) in [5.41, 5.74) is 0. The number of rotatable bonds is 3. The molecule has 2 unspecified atom stereocenters. The van der Waals surface area contributed by atoms with Crippen molar-refractivity contribution in [1.29, 1.82) is 0 Å². The maximum atomic E-state index is 9.59. The Morgan fingerprint density at radius 3 is 2.57 bits per heavy atom. The van der Waals surface area contributed by atoms with Crippen LogP contribution in [0.3, 0.4) is 0 Å². The van der Waals surface area contributed by atoms with E-state index in [1.165, 1.54) is 25.7 Å². The second kappa shape index (κ2) is 4.60. The summed E-state index contributed by atoms with van der Waals surface area (Å²) in [6.07, 6.45) is 5.13. The zero-order valence-electron chi connectivity index (χ0n) is 8.91. The van der Waals surface area contributed by atoms with Crippen molar-refractivity contribution in [3.05, 3.63) is 0 Å². The number of aliphatic hydroxyl groups is 1. The number of hydrogen-bond acceptors (Lipinski definition) is 3. The molecule has 0 radical (unpaired) electrons. The fraction of sp³-hybridized carbons (Fsp3) is 1.00. The lowest BCUT2D eigenvalue weighted by Crippen LogP contribution is -2.46. The molecule has 1 aliphatic carbocycles. The molecule has 2 rings (SSSR count). The first kappa shape index (κ1) is 10.4. The van der Waals surface area contributed by atoms with Crippen LogP contribution in [0.25, 0.3) is 0 Å². The van der Waals surface area contributed by atoms with E-state index in [9.17, 15) is 5.11 Å².